The molecule has 3 heteroatoms. The Hall–Kier alpha value is -0.570. The van der Waals surface area contributed by atoms with E-state index >= 15 is 0 Å². The minimum atomic E-state index is 0.626. The Labute approximate surface area is 128 Å². The Kier molecular flexibility index (Phi) is 6.34. The van der Waals surface area contributed by atoms with Gasteiger partial charge in [-0.2, -0.15) is 0 Å². The zero-order valence-corrected chi connectivity index (χ0v) is 13.5. The van der Waals surface area contributed by atoms with Crippen molar-refractivity contribution >= 4 is 11.6 Å². The molecule has 1 unspecified atom stereocenters. The van der Waals surface area contributed by atoms with Gasteiger partial charge in [0, 0.05) is 11.1 Å². The average Bonchev–Trinajstić information content (AvgIpc) is 2.48. The second-order valence-electron chi connectivity index (χ2n) is 6.05. The first-order valence-electron chi connectivity index (χ1n) is 7.82. The molecule has 20 heavy (non-hydrogen) atoms. The summed E-state index contributed by atoms with van der Waals surface area (Å²) in [5.41, 5.74) is 1.39. The molecule has 0 radical (unpaired) electrons. The maximum absolute atomic E-state index is 5.94. The second-order valence-corrected chi connectivity index (χ2v) is 6.49. The molecule has 2 nitrogen and oxygen atoms in total. The first kappa shape index (κ1) is 15.8. The molecule has 1 atom stereocenters. The van der Waals surface area contributed by atoms with Gasteiger partial charge in [-0.05, 0) is 82.9 Å². The van der Waals surface area contributed by atoms with E-state index in [0.717, 1.165) is 23.9 Å². The molecule has 0 aromatic heterocycles. The summed E-state index contributed by atoms with van der Waals surface area (Å²) in [5, 5.41) is 4.09. The average molecular weight is 295 g/mol. The van der Waals surface area contributed by atoms with E-state index in [1.54, 1.807) is 0 Å². The van der Waals surface area contributed by atoms with Crippen LogP contribution in [0.4, 0.5) is 0 Å². The standard InChI is InChI=1S/C17H27ClN2/c1-14(13-16-3-5-17(18)6-4-16)20-11-8-15(9-12-20)7-10-19-2/h3-6,14-15,19H,7-13H2,1-2H3. The third kappa shape index (κ3) is 4.76. The van der Waals surface area contributed by atoms with Crippen LogP contribution in [0.5, 0.6) is 0 Å². The topological polar surface area (TPSA) is 15.3 Å². The van der Waals surface area contributed by atoms with Crippen molar-refractivity contribution in [2.24, 2.45) is 5.92 Å². The Bertz CT molecular complexity index is 382. The molecule has 1 aliphatic heterocycles. The lowest BCUT2D eigenvalue weighted by molar-refractivity contribution is 0.137. The number of nitrogens with zero attached hydrogens (tertiary/aromatic N) is 1. The molecule has 1 aromatic rings. The molecule has 1 N–H and O–H groups in total. The molecule has 0 bridgehead atoms. The molecule has 1 fully saturated rings. The van der Waals surface area contributed by atoms with E-state index in [2.05, 4.69) is 29.3 Å². The summed E-state index contributed by atoms with van der Waals surface area (Å²) in [7, 11) is 2.04. The molecule has 1 aliphatic rings. The van der Waals surface area contributed by atoms with Crippen LogP contribution >= 0.6 is 11.6 Å². The van der Waals surface area contributed by atoms with Gasteiger partial charge in [0.15, 0.2) is 0 Å². The largest absolute Gasteiger partial charge is 0.320 e. The summed E-state index contributed by atoms with van der Waals surface area (Å²) in [6.45, 7) is 6.01. The highest BCUT2D eigenvalue weighted by Crippen LogP contribution is 2.23. The normalized spacial score (nSPS) is 19.1. The molecule has 1 aromatic carbocycles. The molecule has 112 valence electrons. The first-order valence-corrected chi connectivity index (χ1v) is 8.20. The van der Waals surface area contributed by atoms with Gasteiger partial charge in [0.2, 0.25) is 0 Å². The van der Waals surface area contributed by atoms with Crippen molar-refractivity contribution in [3.05, 3.63) is 34.9 Å². The van der Waals surface area contributed by atoms with Gasteiger partial charge >= 0.3 is 0 Å². The van der Waals surface area contributed by atoms with Crippen molar-refractivity contribution in [1.29, 1.82) is 0 Å². The van der Waals surface area contributed by atoms with Crippen LogP contribution in [0, 0.1) is 5.92 Å². The molecule has 0 saturated carbocycles. The van der Waals surface area contributed by atoms with E-state index in [0.29, 0.717) is 6.04 Å². The highest BCUT2D eigenvalue weighted by Gasteiger charge is 2.22. The van der Waals surface area contributed by atoms with Crippen LogP contribution in [0.25, 0.3) is 0 Å². The van der Waals surface area contributed by atoms with E-state index in [4.69, 9.17) is 11.6 Å². The molecule has 2 rings (SSSR count). The van der Waals surface area contributed by atoms with E-state index in [9.17, 15) is 0 Å². The molecule has 1 saturated heterocycles. The summed E-state index contributed by atoms with van der Waals surface area (Å²) in [6, 6.07) is 8.92. The summed E-state index contributed by atoms with van der Waals surface area (Å²) in [4.78, 5) is 2.64. The Morgan fingerprint density at radius 2 is 1.90 bits per heavy atom. The van der Waals surface area contributed by atoms with Crippen LogP contribution in [0.1, 0.15) is 31.7 Å². The van der Waals surface area contributed by atoms with Crippen LogP contribution in [-0.4, -0.2) is 37.6 Å². The smallest absolute Gasteiger partial charge is 0.0406 e. The molecule has 0 amide bonds. The number of likely N-dealkylation sites (tertiary alicyclic amines) is 1. The fourth-order valence-corrected chi connectivity index (χ4v) is 3.25. The summed E-state index contributed by atoms with van der Waals surface area (Å²) < 4.78 is 0. The summed E-state index contributed by atoms with van der Waals surface area (Å²) in [5.74, 6) is 0.918. The number of nitrogens with one attached hydrogen (secondary N) is 1. The Balaban J connectivity index is 1.76. The van der Waals surface area contributed by atoms with Gasteiger partial charge < -0.3 is 10.2 Å². The third-order valence-corrected chi connectivity index (χ3v) is 4.77. The van der Waals surface area contributed by atoms with Crippen molar-refractivity contribution in [3.63, 3.8) is 0 Å². The first-order chi connectivity index (χ1) is 9.69. The molecule has 0 aliphatic carbocycles. The van der Waals surface area contributed by atoms with E-state index < -0.39 is 0 Å². The predicted octanol–water partition coefficient (Wildman–Crippen LogP) is 3.59. The third-order valence-electron chi connectivity index (χ3n) is 4.52. The van der Waals surface area contributed by atoms with Crippen molar-refractivity contribution in [1.82, 2.24) is 10.2 Å². The summed E-state index contributed by atoms with van der Waals surface area (Å²) >= 11 is 5.94. The second kappa shape index (κ2) is 8.02. The van der Waals surface area contributed by atoms with Crippen LogP contribution in [0.15, 0.2) is 24.3 Å². The maximum atomic E-state index is 5.94. The number of hydrogen-bond donors (Lipinski definition) is 1. The fraction of sp³-hybridized carbons (Fsp3) is 0.647. The van der Waals surface area contributed by atoms with Crippen LogP contribution in [0.3, 0.4) is 0 Å². The zero-order valence-electron chi connectivity index (χ0n) is 12.7. The van der Waals surface area contributed by atoms with Gasteiger partial charge in [-0.3, -0.25) is 0 Å². The minimum absolute atomic E-state index is 0.626. The van der Waals surface area contributed by atoms with Crippen molar-refractivity contribution in [2.45, 2.75) is 38.6 Å². The molecule has 1 heterocycles. The van der Waals surface area contributed by atoms with Crippen molar-refractivity contribution in [2.75, 3.05) is 26.7 Å². The van der Waals surface area contributed by atoms with Gasteiger partial charge in [0.25, 0.3) is 0 Å². The maximum Gasteiger partial charge on any atom is 0.0406 e. The van der Waals surface area contributed by atoms with Crippen LogP contribution in [0.2, 0.25) is 5.02 Å². The van der Waals surface area contributed by atoms with Gasteiger partial charge in [0.1, 0.15) is 0 Å². The van der Waals surface area contributed by atoms with E-state index in [1.807, 2.05) is 19.2 Å². The SMILES string of the molecule is CNCCC1CCN(C(C)Cc2ccc(Cl)cc2)CC1. The van der Waals surface area contributed by atoms with Crippen LogP contribution < -0.4 is 5.32 Å². The lowest BCUT2D eigenvalue weighted by atomic mass is 9.92. The molecule has 0 spiro atoms. The number of hydrogen-bond acceptors (Lipinski definition) is 2. The van der Waals surface area contributed by atoms with Gasteiger partial charge in [-0.25, -0.2) is 0 Å². The quantitative estimate of drug-likeness (QED) is 0.862. The van der Waals surface area contributed by atoms with Crippen molar-refractivity contribution < 1.29 is 0 Å². The number of rotatable bonds is 6. The predicted molar refractivity (Wildman–Crippen MR) is 87.5 cm³/mol. The number of benzene rings is 1. The van der Waals surface area contributed by atoms with E-state index in [1.165, 1.54) is 37.9 Å². The fourth-order valence-electron chi connectivity index (χ4n) is 3.12. The van der Waals surface area contributed by atoms with E-state index in [-0.39, 0.29) is 0 Å². The Morgan fingerprint density at radius 1 is 1.25 bits per heavy atom. The highest BCUT2D eigenvalue weighted by atomic mass is 35.5. The zero-order chi connectivity index (χ0) is 14.4. The number of halogens is 1. The van der Waals surface area contributed by atoms with Crippen molar-refractivity contribution in [3.8, 4) is 0 Å². The van der Waals surface area contributed by atoms with Crippen LogP contribution in [-0.2, 0) is 6.42 Å². The lowest BCUT2D eigenvalue weighted by Gasteiger charge is -2.36. The monoisotopic (exact) mass is 294 g/mol. The summed E-state index contributed by atoms with van der Waals surface area (Å²) in [6.07, 6.45) is 5.16. The molecular formula is C17H27ClN2. The lowest BCUT2D eigenvalue weighted by Crippen LogP contribution is -2.41. The molecular weight excluding hydrogens is 268 g/mol. The minimum Gasteiger partial charge on any atom is -0.320 e. The Morgan fingerprint density at radius 3 is 2.50 bits per heavy atom. The number of piperidine rings is 1. The van der Waals surface area contributed by atoms with Gasteiger partial charge in [0.05, 0.1) is 0 Å². The van der Waals surface area contributed by atoms with Gasteiger partial charge in [-0.15, -0.1) is 0 Å². The van der Waals surface area contributed by atoms with Gasteiger partial charge in [-0.1, -0.05) is 23.7 Å². The highest BCUT2D eigenvalue weighted by molar-refractivity contribution is 6.30.